The highest BCUT2D eigenvalue weighted by atomic mass is 32.2. The van der Waals surface area contributed by atoms with Crippen molar-refractivity contribution in [3.63, 3.8) is 0 Å². The minimum Gasteiger partial charge on any atom is -0.505 e. The first-order valence-electron chi connectivity index (χ1n) is 11.3. The Labute approximate surface area is 214 Å². The molecule has 0 aliphatic carbocycles. The molecule has 10 heteroatoms. The van der Waals surface area contributed by atoms with Gasteiger partial charge in [-0.05, 0) is 79.9 Å². The van der Waals surface area contributed by atoms with E-state index in [-0.39, 0.29) is 22.2 Å². The first-order valence-corrected chi connectivity index (χ1v) is 12.7. The van der Waals surface area contributed by atoms with Gasteiger partial charge in [-0.1, -0.05) is 18.2 Å². The minimum absolute atomic E-state index is 0.259. The number of benzene rings is 4. The van der Waals surface area contributed by atoms with E-state index in [9.17, 15) is 18.3 Å². The largest absolute Gasteiger partial charge is 0.505 e. The first-order chi connectivity index (χ1) is 17.7. The van der Waals surface area contributed by atoms with Gasteiger partial charge in [0, 0.05) is 16.6 Å². The molecule has 37 heavy (non-hydrogen) atoms. The van der Waals surface area contributed by atoms with E-state index in [1.54, 1.807) is 86.6 Å². The van der Waals surface area contributed by atoms with Crippen molar-refractivity contribution in [3.05, 3.63) is 84.4 Å². The van der Waals surface area contributed by atoms with Crippen molar-refractivity contribution in [2.24, 2.45) is 10.2 Å². The van der Waals surface area contributed by atoms with Crippen LogP contribution in [0.15, 0.2) is 94.0 Å². The van der Waals surface area contributed by atoms with Crippen LogP contribution in [0.4, 0.5) is 17.1 Å². The number of hydrogen-bond acceptors (Lipinski definition) is 8. The molecule has 0 spiro atoms. The summed E-state index contributed by atoms with van der Waals surface area (Å²) in [5.41, 5.74) is 1.05. The third-order valence-electron chi connectivity index (χ3n) is 5.27. The molecule has 0 aliphatic heterocycles. The maximum absolute atomic E-state index is 13.1. The Bertz CT molecular complexity index is 1570. The second-order valence-corrected chi connectivity index (χ2v) is 9.87. The van der Waals surface area contributed by atoms with E-state index in [0.29, 0.717) is 33.5 Å². The summed E-state index contributed by atoms with van der Waals surface area (Å²) in [6.07, 6.45) is -0.647. The molecule has 0 unspecified atom stereocenters. The SMILES string of the molecule is COc1ccc(N=Nc2c(S(=O)(=O)OC(C)C)cc3cc(NC(=O)c4ccccc4)ccc3c2O)cc1. The predicted octanol–water partition coefficient (Wildman–Crippen LogP) is 6.34. The summed E-state index contributed by atoms with van der Waals surface area (Å²) >= 11 is 0. The number of fused-ring (bicyclic) bond motifs is 1. The zero-order valence-electron chi connectivity index (χ0n) is 20.4. The summed E-state index contributed by atoms with van der Waals surface area (Å²) in [6.45, 7) is 3.16. The van der Waals surface area contributed by atoms with Crippen LogP contribution in [0.3, 0.4) is 0 Å². The van der Waals surface area contributed by atoms with Crippen molar-refractivity contribution in [1.82, 2.24) is 0 Å². The van der Waals surface area contributed by atoms with Gasteiger partial charge in [0.25, 0.3) is 16.0 Å². The quantitative estimate of drug-likeness (QED) is 0.207. The summed E-state index contributed by atoms with van der Waals surface area (Å²) < 4.78 is 36.5. The van der Waals surface area contributed by atoms with Crippen molar-refractivity contribution in [2.45, 2.75) is 24.8 Å². The van der Waals surface area contributed by atoms with E-state index in [1.807, 2.05) is 0 Å². The van der Waals surface area contributed by atoms with E-state index >= 15 is 0 Å². The summed E-state index contributed by atoms with van der Waals surface area (Å²) in [4.78, 5) is 12.2. The van der Waals surface area contributed by atoms with Gasteiger partial charge in [-0.3, -0.25) is 8.98 Å². The van der Waals surface area contributed by atoms with Crippen molar-refractivity contribution in [2.75, 3.05) is 12.4 Å². The molecule has 0 saturated heterocycles. The van der Waals surface area contributed by atoms with Gasteiger partial charge in [0.15, 0.2) is 5.75 Å². The van der Waals surface area contributed by atoms with Crippen LogP contribution in [-0.2, 0) is 14.3 Å². The Kier molecular flexibility index (Phi) is 7.51. The van der Waals surface area contributed by atoms with Crippen molar-refractivity contribution >= 4 is 43.9 Å². The van der Waals surface area contributed by atoms with Crippen LogP contribution in [0.25, 0.3) is 10.8 Å². The highest BCUT2D eigenvalue weighted by Gasteiger charge is 2.26. The summed E-state index contributed by atoms with van der Waals surface area (Å²) in [5, 5.41) is 22.7. The molecule has 190 valence electrons. The lowest BCUT2D eigenvalue weighted by Gasteiger charge is -2.14. The van der Waals surface area contributed by atoms with Crippen LogP contribution in [-0.4, -0.2) is 32.6 Å². The molecular formula is C27H25N3O6S. The Morgan fingerprint density at radius 2 is 1.65 bits per heavy atom. The number of nitrogens with one attached hydrogen (secondary N) is 1. The van der Waals surface area contributed by atoms with Crippen molar-refractivity contribution < 1.29 is 27.2 Å². The summed E-state index contributed by atoms with van der Waals surface area (Å²) in [6, 6.07) is 21.4. The monoisotopic (exact) mass is 519 g/mol. The number of rotatable bonds is 8. The fraction of sp³-hybridized carbons (Fsp3) is 0.148. The van der Waals surface area contributed by atoms with Crippen LogP contribution in [0.2, 0.25) is 0 Å². The maximum atomic E-state index is 13.1. The third kappa shape index (κ3) is 5.93. The fourth-order valence-electron chi connectivity index (χ4n) is 3.57. The second-order valence-electron chi connectivity index (χ2n) is 8.33. The molecule has 4 aromatic carbocycles. The summed E-state index contributed by atoms with van der Waals surface area (Å²) in [7, 11) is -2.78. The number of ether oxygens (including phenoxy) is 1. The lowest BCUT2D eigenvalue weighted by Crippen LogP contribution is -2.13. The van der Waals surface area contributed by atoms with Gasteiger partial charge in [-0.25, -0.2) is 0 Å². The third-order valence-corrected chi connectivity index (χ3v) is 6.76. The van der Waals surface area contributed by atoms with Gasteiger partial charge in [-0.15, -0.1) is 5.11 Å². The van der Waals surface area contributed by atoms with E-state index in [1.165, 1.54) is 13.2 Å². The Morgan fingerprint density at radius 1 is 0.946 bits per heavy atom. The van der Waals surface area contributed by atoms with Gasteiger partial charge < -0.3 is 15.2 Å². The number of amides is 1. The number of carbonyl (C=O) groups is 1. The lowest BCUT2D eigenvalue weighted by atomic mass is 10.1. The van der Waals surface area contributed by atoms with E-state index in [0.717, 1.165) is 0 Å². The first kappa shape index (κ1) is 25.8. The highest BCUT2D eigenvalue weighted by Crippen LogP contribution is 2.43. The molecule has 2 N–H and O–H groups in total. The van der Waals surface area contributed by atoms with Crippen LogP contribution in [0.5, 0.6) is 11.5 Å². The summed E-state index contributed by atoms with van der Waals surface area (Å²) in [5.74, 6) is -0.0945. The van der Waals surface area contributed by atoms with E-state index < -0.39 is 16.2 Å². The molecule has 4 rings (SSSR count). The number of phenolic OH excluding ortho intramolecular Hbond substituents is 1. The smallest absolute Gasteiger partial charge is 0.299 e. The molecule has 0 heterocycles. The number of anilines is 1. The number of nitrogens with zero attached hydrogens (tertiary/aromatic N) is 2. The van der Waals surface area contributed by atoms with E-state index in [2.05, 4.69) is 15.5 Å². The average molecular weight is 520 g/mol. The van der Waals surface area contributed by atoms with Crippen molar-refractivity contribution in [3.8, 4) is 11.5 Å². The van der Waals surface area contributed by atoms with Crippen LogP contribution in [0, 0.1) is 0 Å². The van der Waals surface area contributed by atoms with Crippen molar-refractivity contribution in [1.29, 1.82) is 0 Å². The molecule has 0 radical (unpaired) electrons. The van der Waals surface area contributed by atoms with Crippen LogP contribution < -0.4 is 10.1 Å². The minimum atomic E-state index is -4.32. The molecule has 4 aromatic rings. The number of methoxy groups -OCH3 is 1. The molecule has 0 aromatic heterocycles. The molecule has 0 atom stereocenters. The molecule has 1 amide bonds. The van der Waals surface area contributed by atoms with Gasteiger partial charge in [0.05, 0.1) is 18.9 Å². The normalized spacial score (nSPS) is 11.8. The molecule has 0 aliphatic rings. The topological polar surface area (TPSA) is 127 Å². The predicted molar refractivity (Wildman–Crippen MR) is 141 cm³/mol. The Hall–Kier alpha value is -4.28. The molecular weight excluding hydrogens is 494 g/mol. The van der Waals surface area contributed by atoms with Gasteiger partial charge >= 0.3 is 0 Å². The second kappa shape index (κ2) is 10.8. The van der Waals surface area contributed by atoms with Crippen LogP contribution >= 0.6 is 0 Å². The molecule has 9 nitrogen and oxygen atoms in total. The Balaban J connectivity index is 1.79. The van der Waals surface area contributed by atoms with Gasteiger partial charge in [-0.2, -0.15) is 13.5 Å². The van der Waals surface area contributed by atoms with Gasteiger partial charge in [0.2, 0.25) is 0 Å². The van der Waals surface area contributed by atoms with E-state index in [4.69, 9.17) is 8.92 Å². The fourth-order valence-corrected chi connectivity index (χ4v) is 4.83. The average Bonchev–Trinajstić information content (AvgIpc) is 2.88. The van der Waals surface area contributed by atoms with Gasteiger partial charge in [0.1, 0.15) is 16.3 Å². The number of azo groups is 1. The number of hydrogen-bond donors (Lipinski definition) is 2. The lowest BCUT2D eigenvalue weighted by molar-refractivity contribution is 0.102. The molecule has 0 fully saturated rings. The highest BCUT2D eigenvalue weighted by molar-refractivity contribution is 7.87. The van der Waals surface area contributed by atoms with Crippen LogP contribution in [0.1, 0.15) is 24.2 Å². The zero-order chi connectivity index (χ0) is 26.6. The maximum Gasteiger partial charge on any atom is 0.299 e. The number of carbonyl (C=O) groups excluding carboxylic acids is 1. The Morgan fingerprint density at radius 3 is 2.30 bits per heavy atom. The number of phenols is 1. The molecule has 0 saturated carbocycles. The molecule has 0 bridgehead atoms. The number of aromatic hydroxyl groups is 1. The standard InChI is InChI=1S/C27H25N3O6S/c1-17(2)36-37(33,34)24-16-19-15-21(28-27(32)18-7-5-4-6-8-18)11-14-23(19)26(31)25(24)30-29-20-9-12-22(35-3)13-10-20/h4-17,31H,1-3H3,(H,28,32). The zero-order valence-corrected chi connectivity index (χ0v) is 21.2.